The highest BCUT2D eigenvalue weighted by Gasteiger charge is 2.35. The Labute approximate surface area is 112 Å². The van der Waals surface area contributed by atoms with Crippen molar-refractivity contribution in [1.29, 1.82) is 0 Å². The van der Waals surface area contributed by atoms with Gasteiger partial charge in [-0.3, -0.25) is 0 Å². The Bertz CT molecular complexity index is 613. The van der Waals surface area contributed by atoms with E-state index in [0.717, 1.165) is 0 Å². The van der Waals surface area contributed by atoms with Gasteiger partial charge in [0.05, 0.1) is 12.2 Å². The summed E-state index contributed by atoms with van der Waals surface area (Å²) in [7, 11) is 0. The molecule has 0 fully saturated rings. The standard InChI is InChI=1S/C11H11F3N6/c1-6-16-3-2-7(18-6)5-17-9-4-8(15)19-10(20-9)11(12,13)14/h2-4H,5H2,1H3,(H3,15,17,19,20). The first-order valence-corrected chi connectivity index (χ1v) is 5.59. The van der Waals surface area contributed by atoms with Crippen molar-refractivity contribution in [3.63, 3.8) is 0 Å². The van der Waals surface area contributed by atoms with Gasteiger partial charge in [0, 0.05) is 12.3 Å². The quantitative estimate of drug-likeness (QED) is 0.893. The molecule has 106 valence electrons. The van der Waals surface area contributed by atoms with Crippen molar-refractivity contribution in [2.75, 3.05) is 11.1 Å². The number of nitrogens with one attached hydrogen (secondary N) is 1. The van der Waals surface area contributed by atoms with Gasteiger partial charge in [-0.1, -0.05) is 0 Å². The lowest BCUT2D eigenvalue weighted by atomic mass is 10.4. The Hall–Kier alpha value is -2.45. The lowest BCUT2D eigenvalue weighted by Crippen LogP contribution is -2.14. The van der Waals surface area contributed by atoms with Crippen LogP contribution in [0.4, 0.5) is 24.8 Å². The second-order valence-electron chi connectivity index (χ2n) is 3.95. The largest absolute Gasteiger partial charge is 0.451 e. The first-order valence-electron chi connectivity index (χ1n) is 5.59. The molecule has 0 aliphatic rings. The summed E-state index contributed by atoms with van der Waals surface area (Å²) in [6, 6.07) is 2.87. The second kappa shape index (κ2) is 5.27. The van der Waals surface area contributed by atoms with Gasteiger partial charge in [-0.15, -0.1) is 0 Å². The average Bonchev–Trinajstić information content (AvgIpc) is 2.35. The fourth-order valence-corrected chi connectivity index (χ4v) is 1.47. The lowest BCUT2D eigenvalue weighted by molar-refractivity contribution is -0.144. The van der Waals surface area contributed by atoms with Gasteiger partial charge in [-0.2, -0.15) is 13.2 Å². The number of nitrogens with zero attached hydrogens (tertiary/aromatic N) is 4. The van der Waals surface area contributed by atoms with E-state index in [4.69, 9.17) is 5.73 Å². The monoisotopic (exact) mass is 284 g/mol. The van der Waals surface area contributed by atoms with Gasteiger partial charge in [0.15, 0.2) is 0 Å². The number of aromatic nitrogens is 4. The zero-order chi connectivity index (χ0) is 14.8. The Morgan fingerprint density at radius 2 is 2.00 bits per heavy atom. The van der Waals surface area contributed by atoms with Crippen LogP contribution in [0.15, 0.2) is 18.3 Å². The predicted molar refractivity (Wildman–Crippen MR) is 65.5 cm³/mol. The lowest BCUT2D eigenvalue weighted by Gasteiger charge is -2.10. The molecule has 2 aromatic heterocycles. The number of anilines is 2. The predicted octanol–water partition coefficient (Wildman–Crippen LogP) is 1.79. The number of aryl methyl sites for hydroxylation is 1. The van der Waals surface area contributed by atoms with Crippen LogP contribution in [-0.2, 0) is 12.7 Å². The fourth-order valence-electron chi connectivity index (χ4n) is 1.47. The van der Waals surface area contributed by atoms with Crippen molar-refractivity contribution >= 4 is 11.6 Å². The summed E-state index contributed by atoms with van der Waals surface area (Å²) < 4.78 is 37.6. The van der Waals surface area contributed by atoms with E-state index in [-0.39, 0.29) is 18.2 Å². The highest BCUT2D eigenvalue weighted by molar-refractivity contribution is 5.45. The second-order valence-corrected chi connectivity index (χ2v) is 3.95. The third-order valence-corrected chi connectivity index (χ3v) is 2.28. The van der Waals surface area contributed by atoms with Gasteiger partial charge in [-0.25, -0.2) is 19.9 Å². The summed E-state index contributed by atoms with van der Waals surface area (Å²) in [5.41, 5.74) is 5.96. The Morgan fingerprint density at radius 1 is 1.25 bits per heavy atom. The molecule has 0 amide bonds. The molecule has 0 aliphatic carbocycles. The molecule has 0 aliphatic heterocycles. The average molecular weight is 284 g/mol. The Balaban J connectivity index is 2.16. The van der Waals surface area contributed by atoms with E-state index < -0.39 is 12.0 Å². The highest BCUT2D eigenvalue weighted by atomic mass is 19.4. The van der Waals surface area contributed by atoms with Gasteiger partial charge < -0.3 is 11.1 Å². The summed E-state index contributed by atoms with van der Waals surface area (Å²) in [5.74, 6) is -0.976. The molecule has 0 unspecified atom stereocenters. The summed E-state index contributed by atoms with van der Waals surface area (Å²) >= 11 is 0. The SMILES string of the molecule is Cc1nccc(CNc2cc(N)nc(C(F)(F)F)n2)n1. The van der Waals surface area contributed by atoms with Crippen LogP contribution in [-0.4, -0.2) is 19.9 Å². The number of hydrogen-bond acceptors (Lipinski definition) is 6. The van der Waals surface area contributed by atoms with Gasteiger partial charge in [0.1, 0.15) is 17.5 Å². The molecule has 9 heteroatoms. The van der Waals surface area contributed by atoms with Gasteiger partial charge in [0.2, 0.25) is 5.82 Å². The van der Waals surface area contributed by atoms with Crippen LogP contribution in [0, 0.1) is 6.92 Å². The molecule has 0 atom stereocenters. The van der Waals surface area contributed by atoms with Crippen molar-refractivity contribution in [2.24, 2.45) is 0 Å². The summed E-state index contributed by atoms with van der Waals surface area (Å²) in [6.07, 6.45) is -3.08. The molecule has 20 heavy (non-hydrogen) atoms. The van der Waals surface area contributed by atoms with Gasteiger partial charge >= 0.3 is 6.18 Å². The van der Waals surface area contributed by atoms with E-state index in [1.54, 1.807) is 19.2 Å². The fraction of sp³-hybridized carbons (Fsp3) is 0.273. The smallest absolute Gasteiger partial charge is 0.384 e. The Kier molecular flexibility index (Phi) is 3.68. The molecule has 2 heterocycles. The molecule has 2 rings (SSSR count). The molecule has 0 radical (unpaired) electrons. The summed E-state index contributed by atoms with van der Waals surface area (Å²) in [4.78, 5) is 14.6. The summed E-state index contributed by atoms with van der Waals surface area (Å²) in [5, 5.41) is 2.72. The van der Waals surface area contributed by atoms with Crippen molar-refractivity contribution in [2.45, 2.75) is 19.6 Å². The molecule has 0 saturated carbocycles. The third-order valence-electron chi connectivity index (χ3n) is 2.28. The van der Waals surface area contributed by atoms with E-state index in [9.17, 15) is 13.2 Å². The topological polar surface area (TPSA) is 89.6 Å². The molecular formula is C11H11F3N6. The minimum Gasteiger partial charge on any atom is -0.384 e. The van der Waals surface area contributed by atoms with Crippen molar-refractivity contribution < 1.29 is 13.2 Å². The first kappa shape index (κ1) is 14.0. The molecule has 3 N–H and O–H groups in total. The van der Waals surface area contributed by atoms with Crippen molar-refractivity contribution in [3.8, 4) is 0 Å². The van der Waals surface area contributed by atoms with E-state index in [1.165, 1.54) is 6.07 Å². The number of nitrogen functional groups attached to an aromatic ring is 1. The molecule has 6 nitrogen and oxygen atoms in total. The number of rotatable bonds is 3. The number of halogens is 3. The minimum absolute atomic E-state index is 0.0129. The normalized spacial score (nSPS) is 11.4. The molecule has 0 spiro atoms. The van der Waals surface area contributed by atoms with Gasteiger partial charge in [-0.05, 0) is 13.0 Å². The molecule has 0 bridgehead atoms. The number of hydrogen-bond donors (Lipinski definition) is 2. The van der Waals surface area contributed by atoms with Crippen LogP contribution < -0.4 is 11.1 Å². The first-order chi connectivity index (χ1) is 9.34. The van der Waals surface area contributed by atoms with E-state index >= 15 is 0 Å². The number of alkyl halides is 3. The zero-order valence-electron chi connectivity index (χ0n) is 10.4. The van der Waals surface area contributed by atoms with Gasteiger partial charge in [0.25, 0.3) is 0 Å². The zero-order valence-corrected chi connectivity index (χ0v) is 10.4. The van der Waals surface area contributed by atoms with Crippen molar-refractivity contribution in [3.05, 3.63) is 35.7 Å². The van der Waals surface area contributed by atoms with Crippen LogP contribution in [0.3, 0.4) is 0 Å². The maximum Gasteiger partial charge on any atom is 0.451 e. The van der Waals surface area contributed by atoms with Crippen LogP contribution in [0.2, 0.25) is 0 Å². The van der Waals surface area contributed by atoms with E-state index in [1.807, 2.05) is 0 Å². The molecular weight excluding hydrogens is 273 g/mol. The number of nitrogens with two attached hydrogens (primary N) is 1. The summed E-state index contributed by atoms with van der Waals surface area (Å²) in [6.45, 7) is 1.92. The minimum atomic E-state index is -4.64. The van der Waals surface area contributed by atoms with Crippen LogP contribution in [0.1, 0.15) is 17.3 Å². The Morgan fingerprint density at radius 3 is 2.65 bits per heavy atom. The van der Waals surface area contributed by atoms with Crippen LogP contribution in [0.25, 0.3) is 0 Å². The maximum atomic E-state index is 12.5. The molecule has 2 aromatic rings. The van der Waals surface area contributed by atoms with Crippen molar-refractivity contribution in [1.82, 2.24) is 19.9 Å². The van der Waals surface area contributed by atoms with Crippen LogP contribution >= 0.6 is 0 Å². The van der Waals surface area contributed by atoms with Crippen LogP contribution in [0.5, 0.6) is 0 Å². The molecule has 0 saturated heterocycles. The molecule has 0 aromatic carbocycles. The third kappa shape index (κ3) is 3.53. The highest BCUT2D eigenvalue weighted by Crippen LogP contribution is 2.27. The van der Waals surface area contributed by atoms with E-state index in [0.29, 0.717) is 11.5 Å². The van der Waals surface area contributed by atoms with E-state index in [2.05, 4.69) is 25.3 Å². The maximum absolute atomic E-state index is 12.5.